The second-order valence-electron chi connectivity index (χ2n) is 4.07. The number of halogens is 1. The molecule has 0 saturated carbocycles. The summed E-state index contributed by atoms with van der Waals surface area (Å²) < 4.78 is 5.01. The van der Waals surface area contributed by atoms with Crippen molar-refractivity contribution in [3.05, 3.63) is 53.2 Å². The van der Waals surface area contributed by atoms with Gasteiger partial charge in [-0.05, 0) is 31.2 Å². The van der Waals surface area contributed by atoms with E-state index in [9.17, 15) is 4.79 Å². The Hall–Kier alpha value is -2.03. The highest BCUT2D eigenvalue weighted by Crippen LogP contribution is 2.33. The van der Waals surface area contributed by atoms with Gasteiger partial charge in [-0.3, -0.25) is 0 Å². The van der Waals surface area contributed by atoms with Gasteiger partial charge in [0.2, 0.25) is 0 Å². The maximum absolute atomic E-state index is 12.1. The van der Waals surface area contributed by atoms with E-state index in [1.165, 1.54) is 18.7 Å². The van der Waals surface area contributed by atoms with Crippen molar-refractivity contribution in [1.82, 2.24) is 4.98 Å². The first-order chi connectivity index (χ1) is 10.1. The van der Waals surface area contributed by atoms with Crippen LogP contribution in [0.5, 0.6) is 0 Å². The van der Waals surface area contributed by atoms with Crippen LogP contribution in [-0.2, 0) is 4.74 Å². The topological polar surface area (TPSA) is 63.0 Å². The van der Waals surface area contributed by atoms with Gasteiger partial charge >= 0.3 is 5.97 Å². The molecule has 0 aliphatic carbocycles. The van der Waals surface area contributed by atoms with Crippen molar-refractivity contribution in [2.24, 2.45) is 0 Å². The summed E-state index contributed by atoms with van der Waals surface area (Å²) in [6.07, 6.45) is 0.778. The van der Waals surface area contributed by atoms with Gasteiger partial charge in [0.1, 0.15) is 11.1 Å². The lowest BCUT2D eigenvalue weighted by atomic mass is 10.3. The third-order valence-electron chi connectivity index (χ3n) is 2.50. The highest BCUT2D eigenvalue weighted by Gasteiger charge is 2.17. The van der Waals surface area contributed by atoms with Gasteiger partial charge < -0.3 is 4.74 Å². The van der Waals surface area contributed by atoms with Gasteiger partial charge in [-0.15, -0.1) is 0 Å². The van der Waals surface area contributed by atoms with Crippen molar-refractivity contribution in [2.75, 3.05) is 0 Å². The first-order valence-electron chi connectivity index (χ1n) is 6.10. The number of nitrogens with zero attached hydrogens (tertiary/aromatic N) is 2. The van der Waals surface area contributed by atoms with Crippen LogP contribution in [0.4, 0.5) is 0 Å². The van der Waals surface area contributed by atoms with Gasteiger partial charge in [0.25, 0.3) is 0 Å². The minimum Gasteiger partial charge on any atom is -0.444 e. The van der Waals surface area contributed by atoms with E-state index in [-0.39, 0.29) is 0 Å². The normalized spacial score (nSPS) is 11.5. The zero-order valence-electron chi connectivity index (χ0n) is 11.1. The van der Waals surface area contributed by atoms with Gasteiger partial charge in [0.05, 0.1) is 10.6 Å². The van der Waals surface area contributed by atoms with E-state index < -0.39 is 12.1 Å². The predicted molar refractivity (Wildman–Crippen MR) is 80.3 cm³/mol. The van der Waals surface area contributed by atoms with Crippen LogP contribution in [0.2, 0.25) is 5.02 Å². The molecule has 1 aromatic heterocycles. The van der Waals surface area contributed by atoms with Crippen LogP contribution in [0.1, 0.15) is 17.3 Å². The van der Waals surface area contributed by atoms with Crippen LogP contribution < -0.4 is 0 Å². The molecule has 0 spiro atoms. The quantitative estimate of drug-likeness (QED) is 0.798. The lowest BCUT2D eigenvalue weighted by Crippen LogP contribution is -2.14. The van der Waals surface area contributed by atoms with E-state index in [4.69, 9.17) is 21.6 Å². The van der Waals surface area contributed by atoms with Crippen molar-refractivity contribution >= 4 is 29.3 Å². The smallest absolute Gasteiger partial charge is 0.342 e. The van der Waals surface area contributed by atoms with Crippen LogP contribution in [0.3, 0.4) is 0 Å². The molecule has 4 nitrogen and oxygen atoms in total. The second kappa shape index (κ2) is 7.11. The fraction of sp³-hybridized carbons (Fsp3) is 0.133. The number of aromatic nitrogens is 1. The summed E-state index contributed by atoms with van der Waals surface area (Å²) in [5.74, 6) is -0.577. The highest BCUT2D eigenvalue weighted by atomic mass is 35.5. The Labute approximate surface area is 131 Å². The molecule has 1 aromatic carbocycles. The molecule has 0 aliphatic heterocycles. The third-order valence-corrected chi connectivity index (χ3v) is 4.04. The standard InChI is InChI=1S/C15H11ClN2O2S/c1-10(9-17)20-15(19)11-5-4-8-18-14(11)21-13-7-3-2-6-12(13)16/h2-8,10H,1H3/t10-/m0/s1. The van der Waals surface area contributed by atoms with Crippen LogP contribution in [0.25, 0.3) is 0 Å². The average molecular weight is 319 g/mol. The Balaban J connectivity index is 2.27. The molecular weight excluding hydrogens is 308 g/mol. The van der Waals surface area contributed by atoms with E-state index >= 15 is 0 Å². The number of hydrogen-bond donors (Lipinski definition) is 0. The molecule has 0 aliphatic rings. The number of ether oxygens (including phenoxy) is 1. The molecule has 2 rings (SSSR count). The molecule has 0 N–H and O–H groups in total. The van der Waals surface area contributed by atoms with E-state index in [0.29, 0.717) is 15.6 Å². The largest absolute Gasteiger partial charge is 0.444 e. The zero-order valence-corrected chi connectivity index (χ0v) is 12.7. The van der Waals surface area contributed by atoms with Crippen LogP contribution >= 0.6 is 23.4 Å². The first kappa shape index (κ1) is 15.4. The predicted octanol–water partition coefficient (Wildman–Crippen LogP) is 3.96. The number of hydrogen-bond acceptors (Lipinski definition) is 5. The summed E-state index contributed by atoms with van der Waals surface area (Å²) in [6, 6.07) is 12.4. The van der Waals surface area contributed by atoms with Gasteiger partial charge in [-0.25, -0.2) is 9.78 Å². The Morgan fingerprint density at radius 2 is 2.14 bits per heavy atom. The molecule has 0 bridgehead atoms. The minimum atomic E-state index is -0.809. The molecule has 0 fully saturated rings. The van der Waals surface area contributed by atoms with E-state index in [1.807, 2.05) is 24.3 Å². The summed E-state index contributed by atoms with van der Waals surface area (Å²) >= 11 is 7.38. The SMILES string of the molecule is C[C@@H](C#N)OC(=O)c1cccnc1Sc1ccccc1Cl. The van der Waals surface area contributed by atoms with Crippen molar-refractivity contribution in [2.45, 2.75) is 22.9 Å². The second-order valence-corrected chi connectivity index (χ2v) is 5.50. The summed E-state index contributed by atoms with van der Waals surface area (Å²) in [7, 11) is 0. The number of carbonyl (C=O) groups excluding carboxylic acids is 1. The minimum absolute atomic E-state index is 0.310. The fourth-order valence-corrected chi connectivity index (χ4v) is 2.66. The van der Waals surface area contributed by atoms with Crippen LogP contribution in [0.15, 0.2) is 52.5 Å². The summed E-state index contributed by atoms with van der Waals surface area (Å²) in [4.78, 5) is 17.0. The summed E-state index contributed by atoms with van der Waals surface area (Å²) in [5, 5.41) is 9.77. The number of rotatable bonds is 4. The zero-order chi connectivity index (χ0) is 15.2. The first-order valence-corrected chi connectivity index (χ1v) is 7.29. The fourth-order valence-electron chi connectivity index (χ4n) is 1.51. The van der Waals surface area contributed by atoms with E-state index in [0.717, 1.165) is 4.90 Å². The Bertz CT molecular complexity index is 700. The van der Waals surface area contributed by atoms with Crippen LogP contribution in [-0.4, -0.2) is 17.1 Å². The molecule has 21 heavy (non-hydrogen) atoms. The monoisotopic (exact) mass is 318 g/mol. The Morgan fingerprint density at radius 1 is 1.38 bits per heavy atom. The number of carbonyl (C=O) groups is 1. The van der Waals surface area contributed by atoms with Gasteiger partial charge in [0, 0.05) is 11.1 Å². The molecule has 0 saturated heterocycles. The molecular formula is C15H11ClN2O2S. The Morgan fingerprint density at radius 3 is 2.86 bits per heavy atom. The molecule has 6 heteroatoms. The molecule has 2 aromatic rings. The molecule has 106 valence electrons. The third kappa shape index (κ3) is 3.97. The van der Waals surface area contributed by atoms with Crippen molar-refractivity contribution in [1.29, 1.82) is 5.26 Å². The summed E-state index contributed by atoms with van der Waals surface area (Å²) in [5.41, 5.74) is 0.310. The molecule has 0 amide bonds. The number of esters is 1. The lowest BCUT2D eigenvalue weighted by Gasteiger charge is -2.10. The van der Waals surface area contributed by atoms with E-state index in [2.05, 4.69) is 4.98 Å². The highest BCUT2D eigenvalue weighted by molar-refractivity contribution is 7.99. The van der Waals surface area contributed by atoms with Crippen molar-refractivity contribution in [3.63, 3.8) is 0 Å². The number of nitriles is 1. The van der Waals surface area contributed by atoms with Gasteiger partial charge in [-0.1, -0.05) is 35.5 Å². The molecule has 1 atom stereocenters. The summed E-state index contributed by atoms with van der Waals surface area (Å²) in [6.45, 7) is 1.51. The molecule has 1 heterocycles. The van der Waals surface area contributed by atoms with Gasteiger partial charge in [0.15, 0.2) is 6.10 Å². The van der Waals surface area contributed by atoms with E-state index in [1.54, 1.807) is 24.4 Å². The molecule has 0 radical (unpaired) electrons. The lowest BCUT2D eigenvalue weighted by molar-refractivity contribution is 0.0430. The number of benzene rings is 1. The van der Waals surface area contributed by atoms with Crippen molar-refractivity contribution in [3.8, 4) is 6.07 Å². The average Bonchev–Trinajstić information content (AvgIpc) is 2.50. The van der Waals surface area contributed by atoms with Crippen LogP contribution in [0, 0.1) is 11.3 Å². The maximum Gasteiger partial charge on any atom is 0.342 e. The molecule has 0 unspecified atom stereocenters. The Kier molecular flexibility index (Phi) is 5.20. The van der Waals surface area contributed by atoms with Gasteiger partial charge in [-0.2, -0.15) is 5.26 Å². The van der Waals surface area contributed by atoms with Crippen molar-refractivity contribution < 1.29 is 9.53 Å². The maximum atomic E-state index is 12.1. The number of pyridine rings is 1.